The van der Waals surface area contributed by atoms with Gasteiger partial charge in [0, 0.05) is 40.4 Å². The van der Waals surface area contributed by atoms with E-state index in [-0.39, 0.29) is 28.5 Å². The summed E-state index contributed by atoms with van der Waals surface area (Å²) in [5.41, 5.74) is 3.03. The Bertz CT molecular complexity index is 1210. The highest BCUT2D eigenvalue weighted by atomic mass is 32.1. The second-order valence-electron chi connectivity index (χ2n) is 10.7. The fraction of sp³-hybridized carbons (Fsp3) is 0.429. The molecule has 1 N–H and O–H groups in total. The number of alkyl halides is 3. The lowest BCUT2D eigenvalue weighted by Gasteiger charge is -2.41. The van der Waals surface area contributed by atoms with E-state index < -0.39 is 17.7 Å². The average molecular weight is 500 g/mol. The van der Waals surface area contributed by atoms with E-state index in [0.29, 0.717) is 24.0 Å². The lowest BCUT2D eigenvalue weighted by molar-refractivity contribution is -0.137. The van der Waals surface area contributed by atoms with Crippen LogP contribution in [0.4, 0.5) is 13.2 Å². The highest BCUT2D eigenvalue weighted by Crippen LogP contribution is 2.50. The summed E-state index contributed by atoms with van der Waals surface area (Å²) >= 11 is 1.51. The molecule has 3 aliphatic rings. The van der Waals surface area contributed by atoms with Gasteiger partial charge in [-0.3, -0.25) is 9.59 Å². The molecule has 35 heavy (non-hydrogen) atoms. The van der Waals surface area contributed by atoms with Crippen molar-refractivity contribution in [2.75, 3.05) is 0 Å². The van der Waals surface area contributed by atoms with Crippen molar-refractivity contribution in [3.8, 4) is 0 Å². The van der Waals surface area contributed by atoms with E-state index in [1.807, 2.05) is 16.8 Å². The Hall–Kier alpha value is -2.67. The van der Waals surface area contributed by atoms with Crippen LogP contribution in [-0.2, 0) is 11.0 Å². The zero-order valence-electron chi connectivity index (χ0n) is 19.8. The molecule has 5 rings (SSSR count). The van der Waals surface area contributed by atoms with Crippen molar-refractivity contribution in [2.24, 2.45) is 11.3 Å². The summed E-state index contributed by atoms with van der Waals surface area (Å²) < 4.78 is 39.4. The number of Topliss-reactive ketones (excluding diaryl/α,β-unsaturated/α-hetero) is 2. The van der Waals surface area contributed by atoms with Gasteiger partial charge < -0.3 is 5.32 Å². The van der Waals surface area contributed by atoms with Crippen molar-refractivity contribution in [1.29, 1.82) is 0 Å². The first-order valence-electron chi connectivity index (χ1n) is 12.1. The number of ketones is 2. The van der Waals surface area contributed by atoms with Crippen LogP contribution in [0.1, 0.15) is 79.8 Å². The second kappa shape index (κ2) is 8.77. The number of thiophene rings is 1. The molecule has 0 radical (unpaired) electrons. The van der Waals surface area contributed by atoms with Gasteiger partial charge in [0.05, 0.1) is 5.56 Å². The highest BCUT2D eigenvalue weighted by molar-refractivity contribution is 7.08. The molecule has 0 amide bonds. The number of nitrogens with one attached hydrogen (secondary N) is 1. The number of dihydropyridines is 1. The van der Waals surface area contributed by atoms with Crippen LogP contribution in [0, 0.1) is 11.3 Å². The minimum Gasteiger partial charge on any atom is -0.361 e. The highest BCUT2D eigenvalue weighted by Gasteiger charge is 2.45. The van der Waals surface area contributed by atoms with Gasteiger partial charge in [0.25, 0.3) is 0 Å². The molecule has 1 atom stereocenters. The molecule has 2 aromatic rings. The Labute approximate surface area is 207 Å². The molecule has 1 aromatic carbocycles. The van der Waals surface area contributed by atoms with Crippen LogP contribution in [0.2, 0.25) is 0 Å². The molecule has 1 fully saturated rings. The first kappa shape index (κ1) is 24.0. The van der Waals surface area contributed by atoms with E-state index in [4.69, 9.17) is 0 Å². The molecule has 0 saturated heterocycles. The molecule has 1 unspecified atom stereocenters. The predicted molar refractivity (Wildman–Crippen MR) is 130 cm³/mol. The van der Waals surface area contributed by atoms with Gasteiger partial charge >= 0.3 is 6.18 Å². The molecule has 2 aliphatic carbocycles. The van der Waals surface area contributed by atoms with Gasteiger partial charge in [0.1, 0.15) is 0 Å². The predicted octanol–water partition coefficient (Wildman–Crippen LogP) is 7.42. The van der Waals surface area contributed by atoms with Crippen LogP contribution in [-0.4, -0.2) is 11.6 Å². The molecule has 1 aromatic heterocycles. The smallest absolute Gasteiger partial charge is 0.361 e. The SMILES string of the molecule is CC1(C)CC(=O)C2=C(C1)NC(C1CCCC1)=C(C(=O)c1ccc(C(F)(F)F)cc1)C2c1ccsc1. The molecular formula is C28H28F3NO2S. The molecule has 0 bridgehead atoms. The number of rotatable bonds is 4. The second-order valence-corrected chi connectivity index (χ2v) is 11.4. The monoisotopic (exact) mass is 499 g/mol. The normalized spacial score (nSPS) is 22.9. The van der Waals surface area contributed by atoms with Crippen LogP contribution in [0.3, 0.4) is 0 Å². The number of allylic oxidation sites excluding steroid dienone is 4. The lowest BCUT2D eigenvalue weighted by atomic mass is 9.67. The van der Waals surface area contributed by atoms with E-state index in [1.54, 1.807) is 0 Å². The van der Waals surface area contributed by atoms with Crippen LogP contribution in [0.5, 0.6) is 0 Å². The Balaban J connectivity index is 1.67. The van der Waals surface area contributed by atoms with Gasteiger partial charge in [-0.1, -0.05) is 38.8 Å². The van der Waals surface area contributed by atoms with Crippen molar-refractivity contribution in [3.63, 3.8) is 0 Å². The fourth-order valence-corrected chi connectivity index (χ4v) is 6.53. The maximum absolute atomic E-state index is 14.0. The van der Waals surface area contributed by atoms with Gasteiger partial charge in [-0.25, -0.2) is 0 Å². The van der Waals surface area contributed by atoms with Crippen molar-refractivity contribution in [2.45, 2.75) is 64.5 Å². The van der Waals surface area contributed by atoms with E-state index in [2.05, 4.69) is 19.2 Å². The molecular weight excluding hydrogens is 471 g/mol. The van der Waals surface area contributed by atoms with Crippen LogP contribution in [0.15, 0.2) is 63.6 Å². The Kier molecular flexibility index (Phi) is 6.02. The molecule has 1 aliphatic heterocycles. The van der Waals surface area contributed by atoms with Crippen LogP contribution >= 0.6 is 11.3 Å². The largest absolute Gasteiger partial charge is 0.416 e. The van der Waals surface area contributed by atoms with Crippen LogP contribution < -0.4 is 5.32 Å². The van der Waals surface area contributed by atoms with E-state index in [0.717, 1.165) is 54.8 Å². The molecule has 2 heterocycles. The number of hydrogen-bond acceptors (Lipinski definition) is 4. The Morgan fingerprint density at radius 1 is 1.06 bits per heavy atom. The topological polar surface area (TPSA) is 46.2 Å². The minimum absolute atomic E-state index is 0.0307. The number of carbonyl (C=O) groups excluding carboxylic acids is 2. The third kappa shape index (κ3) is 4.51. The summed E-state index contributed by atoms with van der Waals surface area (Å²) in [4.78, 5) is 27.5. The number of carbonyl (C=O) groups is 2. The van der Waals surface area contributed by atoms with E-state index >= 15 is 0 Å². The molecule has 7 heteroatoms. The maximum Gasteiger partial charge on any atom is 0.416 e. The average Bonchev–Trinajstić information content (AvgIpc) is 3.50. The zero-order chi connectivity index (χ0) is 25.0. The first-order chi connectivity index (χ1) is 16.5. The standard InChI is InChI=1S/C28H28F3NO2S/c1-27(2)13-20-23(21(33)14-27)22(18-11-12-35-15-18)24(25(32-20)16-5-3-4-6-16)26(34)17-7-9-19(10-8-17)28(29,30)31/h7-12,15-16,22,32H,3-6,13-14H2,1-2H3. The van der Waals surface area contributed by atoms with Crippen molar-refractivity contribution in [3.05, 3.63) is 80.3 Å². The van der Waals surface area contributed by atoms with Crippen molar-refractivity contribution >= 4 is 22.9 Å². The number of halogens is 3. The van der Waals surface area contributed by atoms with Gasteiger partial charge in [-0.15, -0.1) is 0 Å². The zero-order valence-corrected chi connectivity index (χ0v) is 20.6. The lowest BCUT2D eigenvalue weighted by Crippen LogP contribution is -2.40. The summed E-state index contributed by atoms with van der Waals surface area (Å²) in [6.45, 7) is 4.16. The summed E-state index contributed by atoms with van der Waals surface area (Å²) in [5.74, 6) is -0.623. The van der Waals surface area contributed by atoms with E-state index in [9.17, 15) is 22.8 Å². The molecule has 1 saturated carbocycles. The first-order valence-corrected chi connectivity index (χ1v) is 13.0. The molecule has 184 valence electrons. The quantitative estimate of drug-likeness (QED) is 0.445. The van der Waals surface area contributed by atoms with Gasteiger partial charge in [0.2, 0.25) is 0 Å². The Morgan fingerprint density at radius 3 is 2.34 bits per heavy atom. The van der Waals surface area contributed by atoms with Gasteiger partial charge in [-0.2, -0.15) is 24.5 Å². The third-order valence-corrected chi connectivity index (χ3v) is 8.13. The maximum atomic E-state index is 14.0. The summed E-state index contributed by atoms with van der Waals surface area (Å²) in [7, 11) is 0. The van der Waals surface area contributed by atoms with Gasteiger partial charge in [-0.05, 0) is 65.1 Å². The van der Waals surface area contributed by atoms with Gasteiger partial charge in [0.15, 0.2) is 11.6 Å². The summed E-state index contributed by atoms with van der Waals surface area (Å²) in [5, 5.41) is 7.46. The Morgan fingerprint density at radius 2 is 1.74 bits per heavy atom. The number of benzene rings is 1. The fourth-order valence-electron chi connectivity index (χ4n) is 5.84. The third-order valence-electron chi connectivity index (χ3n) is 7.43. The van der Waals surface area contributed by atoms with Crippen molar-refractivity contribution in [1.82, 2.24) is 5.32 Å². The molecule has 3 nitrogen and oxygen atoms in total. The molecule has 0 spiro atoms. The summed E-state index contributed by atoms with van der Waals surface area (Å²) in [6.07, 6.45) is 0.669. The number of hydrogen-bond donors (Lipinski definition) is 1. The van der Waals surface area contributed by atoms with Crippen LogP contribution in [0.25, 0.3) is 0 Å². The van der Waals surface area contributed by atoms with E-state index in [1.165, 1.54) is 23.5 Å². The minimum atomic E-state index is -4.47. The van der Waals surface area contributed by atoms with Crippen molar-refractivity contribution < 1.29 is 22.8 Å². The summed E-state index contributed by atoms with van der Waals surface area (Å²) in [6, 6.07) is 6.37.